The van der Waals surface area contributed by atoms with Gasteiger partial charge in [0.05, 0.1) is 6.61 Å². The van der Waals surface area contributed by atoms with Crippen LogP contribution in [0.1, 0.15) is 111 Å². The van der Waals surface area contributed by atoms with Crippen LogP contribution in [-0.4, -0.2) is 24.6 Å². The summed E-state index contributed by atoms with van der Waals surface area (Å²) in [6, 6.07) is 0. The zero-order valence-electron chi connectivity index (χ0n) is 17.7. The van der Waals surface area contributed by atoms with E-state index in [0.29, 0.717) is 12.5 Å². The Hall–Kier alpha value is -1.06. The molecule has 26 heavy (non-hydrogen) atoms. The molecule has 0 fully saturated rings. The molecule has 0 aromatic heterocycles. The Morgan fingerprint density at radius 1 is 0.731 bits per heavy atom. The van der Waals surface area contributed by atoms with E-state index in [0.717, 1.165) is 19.3 Å². The van der Waals surface area contributed by atoms with Gasteiger partial charge in [0.1, 0.15) is 12.5 Å². The van der Waals surface area contributed by atoms with Crippen molar-refractivity contribution in [3.8, 4) is 0 Å². The first kappa shape index (κ1) is 24.9. The Labute approximate surface area is 161 Å². The number of carbonyl (C=O) groups excluding carboxylic acids is 2. The van der Waals surface area contributed by atoms with E-state index >= 15 is 0 Å². The molecule has 154 valence electrons. The summed E-state index contributed by atoms with van der Waals surface area (Å²) in [5.41, 5.74) is 0. The summed E-state index contributed by atoms with van der Waals surface area (Å²) in [5, 5.41) is 0. The molecule has 4 nitrogen and oxygen atoms in total. The van der Waals surface area contributed by atoms with E-state index in [4.69, 9.17) is 9.47 Å². The van der Waals surface area contributed by atoms with Crippen LogP contribution in [0.3, 0.4) is 0 Å². The molecule has 0 bridgehead atoms. The Balaban J connectivity index is 3.45. The number of carbonyl (C=O) groups is 2. The lowest BCUT2D eigenvalue weighted by Gasteiger charge is -2.18. The van der Waals surface area contributed by atoms with Gasteiger partial charge in [-0.25, -0.2) is 0 Å². The molecule has 0 saturated heterocycles. The molecular formula is C22H42O4. The number of hydrogen-bond donors (Lipinski definition) is 0. The minimum Gasteiger partial charge on any atom is -0.465 e. The molecule has 2 atom stereocenters. The predicted molar refractivity (Wildman–Crippen MR) is 107 cm³/mol. The second-order valence-corrected chi connectivity index (χ2v) is 7.51. The summed E-state index contributed by atoms with van der Waals surface area (Å²) in [6.45, 7) is 8.60. The van der Waals surface area contributed by atoms with Crippen LogP contribution in [-0.2, 0) is 19.1 Å². The van der Waals surface area contributed by atoms with Gasteiger partial charge in [-0.2, -0.15) is 0 Å². The molecule has 0 saturated carbocycles. The van der Waals surface area contributed by atoms with Gasteiger partial charge >= 0.3 is 11.9 Å². The van der Waals surface area contributed by atoms with Crippen molar-refractivity contribution in [3.63, 3.8) is 0 Å². The van der Waals surface area contributed by atoms with E-state index < -0.39 is 11.9 Å². The number of rotatable bonds is 17. The highest BCUT2D eigenvalue weighted by molar-refractivity contribution is 5.91. The highest BCUT2D eigenvalue weighted by atomic mass is 16.6. The van der Waals surface area contributed by atoms with Crippen molar-refractivity contribution in [2.45, 2.75) is 117 Å². The molecule has 0 aliphatic carbocycles. The van der Waals surface area contributed by atoms with E-state index in [1.54, 1.807) is 0 Å². The third-order valence-corrected chi connectivity index (χ3v) is 5.06. The van der Waals surface area contributed by atoms with Crippen LogP contribution >= 0.6 is 0 Å². The number of hydrogen-bond acceptors (Lipinski definition) is 4. The SMILES string of the molecule is CCCCCCCCCCCCCOC(=O)CC(=O)OC(C)C(C)CC. The Bertz CT molecular complexity index is 354. The Morgan fingerprint density at radius 3 is 1.73 bits per heavy atom. The molecule has 0 rings (SSSR count). The first-order valence-corrected chi connectivity index (χ1v) is 10.9. The summed E-state index contributed by atoms with van der Waals surface area (Å²) >= 11 is 0. The van der Waals surface area contributed by atoms with Gasteiger partial charge < -0.3 is 9.47 Å². The van der Waals surface area contributed by atoms with Crippen molar-refractivity contribution in [1.29, 1.82) is 0 Å². The van der Waals surface area contributed by atoms with Crippen molar-refractivity contribution >= 4 is 11.9 Å². The predicted octanol–water partition coefficient (Wildman–Crippen LogP) is 6.21. The zero-order valence-corrected chi connectivity index (χ0v) is 17.7. The lowest BCUT2D eigenvalue weighted by molar-refractivity contribution is -0.158. The van der Waals surface area contributed by atoms with Gasteiger partial charge in [0.25, 0.3) is 0 Å². The summed E-state index contributed by atoms with van der Waals surface area (Å²) in [4.78, 5) is 23.3. The second kappa shape index (κ2) is 17.4. The normalized spacial score (nSPS) is 13.2. The van der Waals surface area contributed by atoms with Crippen molar-refractivity contribution in [1.82, 2.24) is 0 Å². The molecule has 4 heteroatoms. The molecule has 0 spiro atoms. The highest BCUT2D eigenvalue weighted by Crippen LogP contribution is 2.12. The van der Waals surface area contributed by atoms with Crippen LogP contribution in [0, 0.1) is 5.92 Å². The van der Waals surface area contributed by atoms with Crippen molar-refractivity contribution in [2.75, 3.05) is 6.61 Å². The molecule has 0 N–H and O–H groups in total. The van der Waals surface area contributed by atoms with Gasteiger partial charge in [-0.05, 0) is 19.3 Å². The topological polar surface area (TPSA) is 52.6 Å². The largest absolute Gasteiger partial charge is 0.465 e. The first-order valence-electron chi connectivity index (χ1n) is 10.9. The van der Waals surface area contributed by atoms with Crippen LogP contribution in [0.4, 0.5) is 0 Å². The maximum Gasteiger partial charge on any atom is 0.317 e. The lowest BCUT2D eigenvalue weighted by Crippen LogP contribution is -2.23. The fourth-order valence-electron chi connectivity index (χ4n) is 2.82. The van der Waals surface area contributed by atoms with Gasteiger partial charge in [0.15, 0.2) is 0 Å². The quantitative estimate of drug-likeness (QED) is 0.173. The van der Waals surface area contributed by atoms with E-state index in [1.807, 2.05) is 13.8 Å². The third-order valence-electron chi connectivity index (χ3n) is 5.06. The van der Waals surface area contributed by atoms with Crippen molar-refractivity contribution in [3.05, 3.63) is 0 Å². The molecule has 0 aromatic carbocycles. The summed E-state index contributed by atoms with van der Waals surface area (Å²) in [5.74, 6) is -0.661. The van der Waals surface area contributed by atoms with E-state index in [-0.39, 0.29) is 12.5 Å². The number of ether oxygens (including phenoxy) is 2. The molecule has 0 radical (unpaired) electrons. The Morgan fingerprint density at radius 2 is 1.23 bits per heavy atom. The van der Waals surface area contributed by atoms with Crippen molar-refractivity contribution < 1.29 is 19.1 Å². The second-order valence-electron chi connectivity index (χ2n) is 7.51. The Kier molecular flexibility index (Phi) is 16.7. The fourth-order valence-corrected chi connectivity index (χ4v) is 2.82. The molecular weight excluding hydrogens is 328 g/mol. The minimum absolute atomic E-state index is 0.160. The maximum atomic E-state index is 11.7. The standard InChI is InChI=1S/C22H42O4/c1-5-7-8-9-10-11-12-13-14-15-16-17-25-21(23)18-22(24)26-20(4)19(3)6-2/h19-20H,5-18H2,1-4H3. The maximum absolute atomic E-state index is 11.7. The van der Waals surface area contributed by atoms with E-state index in [9.17, 15) is 9.59 Å². The minimum atomic E-state index is -0.485. The van der Waals surface area contributed by atoms with Gasteiger partial charge in [0, 0.05) is 0 Å². The zero-order chi connectivity index (χ0) is 19.6. The van der Waals surface area contributed by atoms with E-state index in [2.05, 4.69) is 13.8 Å². The van der Waals surface area contributed by atoms with Gasteiger partial charge in [0.2, 0.25) is 0 Å². The average Bonchev–Trinajstić information content (AvgIpc) is 2.61. The van der Waals surface area contributed by atoms with Crippen LogP contribution in [0.25, 0.3) is 0 Å². The summed E-state index contributed by atoms with van der Waals surface area (Å²) in [6.07, 6.45) is 14.4. The smallest absolute Gasteiger partial charge is 0.317 e. The lowest BCUT2D eigenvalue weighted by atomic mass is 10.0. The molecule has 0 amide bonds. The summed E-state index contributed by atoms with van der Waals surface area (Å²) in [7, 11) is 0. The van der Waals surface area contributed by atoms with Gasteiger partial charge in [-0.1, -0.05) is 91.4 Å². The molecule has 2 unspecified atom stereocenters. The van der Waals surface area contributed by atoms with Gasteiger partial charge in [-0.3, -0.25) is 9.59 Å². The van der Waals surface area contributed by atoms with Crippen LogP contribution in [0.15, 0.2) is 0 Å². The molecule has 0 aromatic rings. The van der Waals surface area contributed by atoms with Crippen LogP contribution in [0.5, 0.6) is 0 Å². The molecule has 0 aliphatic heterocycles. The molecule has 0 heterocycles. The van der Waals surface area contributed by atoms with Gasteiger partial charge in [-0.15, -0.1) is 0 Å². The summed E-state index contributed by atoms with van der Waals surface area (Å²) < 4.78 is 10.4. The third kappa shape index (κ3) is 15.2. The van der Waals surface area contributed by atoms with E-state index in [1.165, 1.54) is 57.8 Å². The first-order chi connectivity index (χ1) is 12.5. The number of unbranched alkanes of at least 4 members (excludes halogenated alkanes) is 10. The van der Waals surface area contributed by atoms with Crippen LogP contribution in [0.2, 0.25) is 0 Å². The monoisotopic (exact) mass is 370 g/mol. The van der Waals surface area contributed by atoms with Crippen molar-refractivity contribution in [2.24, 2.45) is 5.92 Å². The highest BCUT2D eigenvalue weighted by Gasteiger charge is 2.18. The average molecular weight is 371 g/mol. The van der Waals surface area contributed by atoms with Crippen LogP contribution < -0.4 is 0 Å². The number of esters is 2. The molecule has 0 aliphatic rings. The fraction of sp³-hybridized carbons (Fsp3) is 0.909.